The number of nitrogens with one attached hydrogen (secondary N) is 2. The van der Waals surface area contributed by atoms with Crippen LogP contribution in [0.2, 0.25) is 0 Å². The number of hydrogen-bond donors (Lipinski definition) is 2. The van der Waals surface area contributed by atoms with Crippen LogP contribution < -0.4 is 10.6 Å². The molecule has 0 unspecified atom stereocenters. The van der Waals surface area contributed by atoms with Crippen LogP contribution >= 0.6 is 0 Å². The lowest BCUT2D eigenvalue weighted by atomic mass is 10.0. The quantitative estimate of drug-likeness (QED) is 0.660. The highest BCUT2D eigenvalue weighted by Crippen LogP contribution is 2.26. The number of carbonyl (C=O) groups excluding carboxylic acids is 1. The predicted octanol–water partition coefficient (Wildman–Crippen LogP) is 4.47. The number of rotatable bonds is 7. The Morgan fingerprint density at radius 2 is 1.81 bits per heavy atom. The molecule has 0 aliphatic heterocycles. The Kier molecular flexibility index (Phi) is 5.69. The van der Waals surface area contributed by atoms with Gasteiger partial charge in [-0.1, -0.05) is 32.0 Å². The zero-order valence-electron chi connectivity index (χ0n) is 15.1. The van der Waals surface area contributed by atoms with Crippen molar-refractivity contribution in [2.24, 2.45) is 0 Å². The van der Waals surface area contributed by atoms with E-state index in [2.05, 4.69) is 47.7 Å². The maximum absolute atomic E-state index is 12.2. The second-order valence-corrected chi connectivity index (χ2v) is 5.98. The third-order valence-corrected chi connectivity index (χ3v) is 4.27. The van der Waals surface area contributed by atoms with Crippen molar-refractivity contribution in [2.45, 2.75) is 33.2 Å². The number of aryl methyl sites for hydroxylation is 2. The Hall–Kier alpha value is -3.08. The Labute approximate surface area is 153 Å². The van der Waals surface area contributed by atoms with Crippen molar-refractivity contribution in [2.75, 3.05) is 5.32 Å². The molecule has 2 heterocycles. The van der Waals surface area contributed by atoms with Gasteiger partial charge in [0.05, 0.1) is 24.7 Å². The molecule has 5 nitrogen and oxygen atoms in total. The van der Waals surface area contributed by atoms with Crippen LogP contribution in [0.15, 0.2) is 59.3 Å². The van der Waals surface area contributed by atoms with Gasteiger partial charge in [-0.2, -0.15) is 0 Å². The van der Waals surface area contributed by atoms with Crippen LogP contribution in [0.1, 0.15) is 41.2 Å². The summed E-state index contributed by atoms with van der Waals surface area (Å²) in [6.07, 6.45) is 5.18. The van der Waals surface area contributed by atoms with E-state index < -0.39 is 0 Å². The second kappa shape index (κ2) is 8.34. The molecule has 2 aromatic heterocycles. The molecule has 0 spiro atoms. The molecule has 3 rings (SSSR count). The van der Waals surface area contributed by atoms with Gasteiger partial charge in [0.25, 0.3) is 5.91 Å². The van der Waals surface area contributed by atoms with Crippen molar-refractivity contribution in [3.8, 4) is 0 Å². The number of para-hydroxylation sites is 1. The molecule has 0 saturated heterocycles. The minimum atomic E-state index is -0.226. The first-order chi connectivity index (χ1) is 12.7. The maximum Gasteiger partial charge on any atom is 0.270 e. The lowest BCUT2D eigenvalue weighted by Gasteiger charge is -2.15. The van der Waals surface area contributed by atoms with Crippen molar-refractivity contribution in [1.29, 1.82) is 0 Å². The fourth-order valence-corrected chi connectivity index (χ4v) is 2.82. The highest BCUT2D eigenvalue weighted by atomic mass is 16.3. The van der Waals surface area contributed by atoms with E-state index >= 15 is 0 Å². The Morgan fingerprint density at radius 1 is 1.04 bits per heavy atom. The van der Waals surface area contributed by atoms with Gasteiger partial charge < -0.3 is 15.1 Å². The lowest BCUT2D eigenvalue weighted by molar-refractivity contribution is 0.0943. The number of nitrogens with zero attached hydrogens (tertiary/aromatic N) is 1. The SMILES string of the molecule is CCc1cccc(CC)c1Nc1ccc(C(=O)NCc2ccco2)nc1. The Bertz CT molecular complexity index is 833. The average Bonchev–Trinajstić information content (AvgIpc) is 3.20. The van der Waals surface area contributed by atoms with E-state index in [1.807, 2.05) is 12.1 Å². The van der Waals surface area contributed by atoms with E-state index in [9.17, 15) is 4.79 Å². The van der Waals surface area contributed by atoms with E-state index in [4.69, 9.17) is 4.42 Å². The topological polar surface area (TPSA) is 67.2 Å². The molecule has 0 fully saturated rings. The minimum absolute atomic E-state index is 0.226. The van der Waals surface area contributed by atoms with Gasteiger partial charge >= 0.3 is 0 Å². The van der Waals surface area contributed by atoms with Gasteiger partial charge in [-0.15, -0.1) is 0 Å². The number of anilines is 2. The molecular weight excluding hydrogens is 326 g/mol. The summed E-state index contributed by atoms with van der Waals surface area (Å²) >= 11 is 0. The fraction of sp³-hybridized carbons (Fsp3) is 0.238. The van der Waals surface area contributed by atoms with Crippen molar-refractivity contribution >= 4 is 17.3 Å². The van der Waals surface area contributed by atoms with E-state index in [-0.39, 0.29) is 5.91 Å². The van der Waals surface area contributed by atoms with Crippen LogP contribution in [-0.4, -0.2) is 10.9 Å². The van der Waals surface area contributed by atoms with Gasteiger partial charge in [-0.3, -0.25) is 4.79 Å². The van der Waals surface area contributed by atoms with E-state index in [1.165, 1.54) is 11.1 Å². The zero-order valence-corrected chi connectivity index (χ0v) is 15.1. The molecule has 1 amide bonds. The van der Waals surface area contributed by atoms with Crippen molar-refractivity contribution in [1.82, 2.24) is 10.3 Å². The highest BCUT2D eigenvalue weighted by molar-refractivity contribution is 5.92. The van der Waals surface area contributed by atoms with Crippen molar-refractivity contribution < 1.29 is 9.21 Å². The molecule has 5 heteroatoms. The van der Waals surface area contributed by atoms with Crippen LogP contribution in [0.3, 0.4) is 0 Å². The van der Waals surface area contributed by atoms with Gasteiger partial charge in [0, 0.05) is 5.69 Å². The molecule has 0 atom stereocenters. The van der Waals surface area contributed by atoms with Gasteiger partial charge in [0.15, 0.2) is 0 Å². The Morgan fingerprint density at radius 3 is 2.38 bits per heavy atom. The summed E-state index contributed by atoms with van der Waals surface area (Å²) in [5.74, 6) is 0.482. The molecule has 0 aliphatic rings. The average molecular weight is 349 g/mol. The molecule has 134 valence electrons. The fourth-order valence-electron chi connectivity index (χ4n) is 2.82. The summed E-state index contributed by atoms with van der Waals surface area (Å²) in [6, 6.07) is 13.6. The zero-order chi connectivity index (χ0) is 18.4. The van der Waals surface area contributed by atoms with E-state index in [1.54, 1.807) is 24.6 Å². The Balaban J connectivity index is 1.69. The summed E-state index contributed by atoms with van der Waals surface area (Å²) in [7, 11) is 0. The first-order valence-corrected chi connectivity index (χ1v) is 8.85. The molecule has 1 aromatic carbocycles. The summed E-state index contributed by atoms with van der Waals surface area (Å²) in [5, 5.41) is 6.25. The van der Waals surface area contributed by atoms with Crippen LogP contribution in [0.25, 0.3) is 0 Å². The number of hydrogen-bond acceptors (Lipinski definition) is 4. The summed E-state index contributed by atoms with van der Waals surface area (Å²) in [4.78, 5) is 16.5. The van der Waals surface area contributed by atoms with Crippen LogP contribution in [0.4, 0.5) is 11.4 Å². The number of amides is 1. The normalized spacial score (nSPS) is 10.5. The minimum Gasteiger partial charge on any atom is -0.467 e. The number of carbonyl (C=O) groups is 1. The monoisotopic (exact) mass is 349 g/mol. The number of aromatic nitrogens is 1. The molecule has 0 radical (unpaired) electrons. The third-order valence-electron chi connectivity index (χ3n) is 4.27. The highest BCUT2D eigenvalue weighted by Gasteiger charge is 2.10. The summed E-state index contributed by atoms with van der Waals surface area (Å²) in [5.41, 5.74) is 4.91. The standard InChI is InChI=1S/C21H23N3O2/c1-3-15-7-5-8-16(4-2)20(15)24-17-10-11-19(22-13-17)21(25)23-14-18-9-6-12-26-18/h5-13,24H,3-4,14H2,1-2H3,(H,23,25). The first kappa shape index (κ1) is 17.7. The molecule has 26 heavy (non-hydrogen) atoms. The molecule has 0 saturated carbocycles. The summed E-state index contributed by atoms with van der Waals surface area (Å²) in [6.45, 7) is 4.63. The smallest absolute Gasteiger partial charge is 0.270 e. The van der Waals surface area contributed by atoms with Gasteiger partial charge in [0.2, 0.25) is 0 Å². The number of benzene rings is 1. The van der Waals surface area contributed by atoms with E-state index in [0.29, 0.717) is 18.0 Å². The van der Waals surface area contributed by atoms with Crippen LogP contribution in [-0.2, 0) is 19.4 Å². The maximum atomic E-state index is 12.2. The van der Waals surface area contributed by atoms with Gasteiger partial charge in [0.1, 0.15) is 11.5 Å². The number of pyridine rings is 1. The van der Waals surface area contributed by atoms with Gasteiger partial charge in [-0.25, -0.2) is 4.98 Å². The van der Waals surface area contributed by atoms with Crippen LogP contribution in [0, 0.1) is 0 Å². The predicted molar refractivity (Wildman–Crippen MR) is 103 cm³/mol. The van der Waals surface area contributed by atoms with Crippen LogP contribution in [0.5, 0.6) is 0 Å². The largest absolute Gasteiger partial charge is 0.467 e. The van der Waals surface area contributed by atoms with Crippen molar-refractivity contribution in [3.63, 3.8) is 0 Å². The molecule has 0 bridgehead atoms. The molecule has 2 N–H and O–H groups in total. The lowest BCUT2D eigenvalue weighted by Crippen LogP contribution is -2.23. The van der Waals surface area contributed by atoms with Gasteiger partial charge in [-0.05, 0) is 48.2 Å². The summed E-state index contributed by atoms with van der Waals surface area (Å²) < 4.78 is 5.20. The molecular formula is C21H23N3O2. The first-order valence-electron chi connectivity index (χ1n) is 8.85. The number of furan rings is 1. The third kappa shape index (κ3) is 4.11. The second-order valence-electron chi connectivity index (χ2n) is 5.98. The molecule has 3 aromatic rings. The van der Waals surface area contributed by atoms with Crippen molar-refractivity contribution in [3.05, 3.63) is 77.5 Å². The van der Waals surface area contributed by atoms with E-state index in [0.717, 1.165) is 24.2 Å². The molecule has 0 aliphatic carbocycles.